The van der Waals surface area contributed by atoms with Crippen LogP contribution in [0.5, 0.6) is 0 Å². The summed E-state index contributed by atoms with van der Waals surface area (Å²) in [6.07, 6.45) is 4.45. The molecule has 0 saturated heterocycles. The first kappa shape index (κ1) is 18.0. The first-order valence-electron chi connectivity index (χ1n) is 9.33. The maximum atomic E-state index is 12.7. The van der Waals surface area contributed by atoms with Crippen LogP contribution < -0.4 is 5.32 Å². The van der Waals surface area contributed by atoms with Crippen LogP contribution >= 0.6 is 0 Å². The number of amides is 1. The summed E-state index contributed by atoms with van der Waals surface area (Å²) in [4.78, 5) is 20.2. The standard InChI is InChI=1S/C22H23N5O/c1-14-7-4-5-8-17(14)12-25-22(28)27-16(3)20(15(2)26-27)11-18-13-24-21-19(18)9-6-10-23-21/h4-10,13H,11-12H2,1-3H3,(H,23,24)(H,25,28). The molecule has 4 aromatic rings. The largest absolute Gasteiger partial charge is 0.346 e. The maximum absolute atomic E-state index is 12.7. The molecule has 28 heavy (non-hydrogen) atoms. The van der Waals surface area contributed by atoms with Gasteiger partial charge in [-0.25, -0.2) is 9.78 Å². The molecule has 0 unspecified atom stereocenters. The Morgan fingerprint density at radius 2 is 1.93 bits per heavy atom. The first-order valence-corrected chi connectivity index (χ1v) is 9.33. The number of carbonyl (C=O) groups excluding carboxylic acids is 1. The smallest absolute Gasteiger partial charge is 0.342 e. The molecule has 0 fully saturated rings. The lowest BCUT2D eigenvalue weighted by Crippen LogP contribution is -2.30. The molecular formula is C22H23N5O. The monoisotopic (exact) mass is 373 g/mol. The number of fused-ring (bicyclic) bond motifs is 1. The number of nitrogens with zero attached hydrogens (tertiary/aromatic N) is 3. The van der Waals surface area contributed by atoms with E-state index in [2.05, 4.69) is 26.4 Å². The number of aryl methyl sites for hydroxylation is 2. The fourth-order valence-electron chi connectivity index (χ4n) is 3.53. The lowest BCUT2D eigenvalue weighted by molar-refractivity contribution is 0.238. The molecule has 0 saturated carbocycles. The summed E-state index contributed by atoms with van der Waals surface area (Å²) in [5, 5.41) is 8.55. The Balaban J connectivity index is 1.55. The fourth-order valence-corrected chi connectivity index (χ4v) is 3.53. The van der Waals surface area contributed by atoms with Gasteiger partial charge in [0.05, 0.1) is 5.69 Å². The van der Waals surface area contributed by atoms with E-state index in [1.807, 2.05) is 57.3 Å². The molecule has 0 aliphatic carbocycles. The molecule has 0 aliphatic heterocycles. The predicted molar refractivity (Wildman–Crippen MR) is 109 cm³/mol. The van der Waals surface area contributed by atoms with Crippen LogP contribution in [0.3, 0.4) is 0 Å². The molecule has 1 amide bonds. The van der Waals surface area contributed by atoms with Gasteiger partial charge in [0.25, 0.3) is 0 Å². The zero-order valence-electron chi connectivity index (χ0n) is 16.3. The molecule has 1 aromatic carbocycles. The summed E-state index contributed by atoms with van der Waals surface area (Å²) in [5.41, 5.74) is 7.06. The van der Waals surface area contributed by atoms with Crippen LogP contribution in [0.1, 0.15) is 33.6 Å². The van der Waals surface area contributed by atoms with Gasteiger partial charge in [-0.15, -0.1) is 0 Å². The van der Waals surface area contributed by atoms with Gasteiger partial charge in [-0.05, 0) is 49.6 Å². The summed E-state index contributed by atoms with van der Waals surface area (Å²) >= 11 is 0. The van der Waals surface area contributed by atoms with Crippen LogP contribution in [0.25, 0.3) is 11.0 Å². The number of aromatic amines is 1. The molecule has 4 rings (SSSR count). The average molecular weight is 373 g/mol. The highest BCUT2D eigenvalue weighted by atomic mass is 16.2. The Labute approximate surface area is 163 Å². The van der Waals surface area contributed by atoms with Crippen LogP contribution in [0.15, 0.2) is 48.8 Å². The number of carbonyl (C=O) groups is 1. The normalized spacial score (nSPS) is 11.1. The molecule has 0 atom stereocenters. The van der Waals surface area contributed by atoms with Crippen molar-refractivity contribution >= 4 is 17.1 Å². The Morgan fingerprint density at radius 3 is 2.75 bits per heavy atom. The van der Waals surface area contributed by atoms with Crippen molar-refractivity contribution in [3.63, 3.8) is 0 Å². The summed E-state index contributed by atoms with van der Waals surface area (Å²) in [6, 6.07) is 11.8. The average Bonchev–Trinajstić information content (AvgIpc) is 3.23. The van der Waals surface area contributed by atoms with Crippen LogP contribution in [-0.4, -0.2) is 25.8 Å². The minimum atomic E-state index is -0.212. The van der Waals surface area contributed by atoms with Crippen LogP contribution in [0.2, 0.25) is 0 Å². The van der Waals surface area contributed by atoms with Crippen molar-refractivity contribution in [3.05, 3.63) is 82.4 Å². The summed E-state index contributed by atoms with van der Waals surface area (Å²) in [6.45, 7) is 6.41. The van der Waals surface area contributed by atoms with E-state index in [4.69, 9.17) is 0 Å². The van der Waals surface area contributed by atoms with E-state index >= 15 is 0 Å². The summed E-state index contributed by atoms with van der Waals surface area (Å²) < 4.78 is 1.47. The molecule has 142 valence electrons. The van der Waals surface area contributed by atoms with E-state index in [1.165, 1.54) is 4.68 Å². The van der Waals surface area contributed by atoms with Crippen molar-refractivity contribution < 1.29 is 4.79 Å². The van der Waals surface area contributed by atoms with Crippen molar-refractivity contribution in [2.45, 2.75) is 33.7 Å². The van der Waals surface area contributed by atoms with E-state index in [1.54, 1.807) is 6.20 Å². The van der Waals surface area contributed by atoms with Crippen molar-refractivity contribution in [1.29, 1.82) is 0 Å². The van der Waals surface area contributed by atoms with E-state index < -0.39 is 0 Å². The summed E-state index contributed by atoms with van der Waals surface area (Å²) in [5.74, 6) is 0. The van der Waals surface area contributed by atoms with Gasteiger partial charge in [-0.2, -0.15) is 9.78 Å². The van der Waals surface area contributed by atoms with Crippen molar-refractivity contribution in [2.24, 2.45) is 0 Å². The second-order valence-electron chi connectivity index (χ2n) is 7.04. The van der Waals surface area contributed by atoms with Gasteiger partial charge < -0.3 is 10.3 Å². The Bertz CT molecular complexity index is 1150. The highest BCUT2D eigenvalue weighted by Gasteiger charge is 2.18. The quantitative estimate of drug-likeness (QED) is 0.567. The van der Waals surface area contributed by atoms with Gasteiger partial charge >= 0.3 is 6.03 Å². The molecule has 6 nitrogen and oxygen atoms in total. The minimum Gasteiger partial charge on any atom is -0.346 e. The lowest BCUT2D eigenvalue weighted by atomic mass is 10.0. The molecule has 3 aromatic heterocycles. The molecule has 0 bridgehead atoms. The van der Waals surface area contributed by atoms with Crippen LogP contribution in [0.4, 0.5) is 4.79 Å². The molecule has 6 heteroatoms. The zero-order chi connectivity index (χ0) is 19.7. The Kier molecular flexibility index (Phi) is 4.69. The third-order valence-electron chi connectivity index (χ3n) is 5.23. The topological polar surface area (TPSA) is 75.6 Å². The molecule has 2 N–H and O–H groups in total. The van der Waals surface area contributed by atoms with Crippen LogP contribution in [-0.2, 0) is 13.0 Å². The maximum Gasteiger partial charge on any atom is 0.342 e. The molecule has 0 aliphatic rings. The second-order valence-corrected chi connectivity index (χ2v) is 7.04. The van der Waals surface area contributed by atoms with E-state index in [0.29, 0.717) is 13.0 Å². The number of rotatable bonds is 4. The SMILES string of the molecule is Cc1ccccc1CNC(=O)n1nc(C)c(Cc2c[nH]c3ncccc23)c1C. The van der Waals surface area contributed by atoms with Gasteiger partial charge in [-0.1, -0.05) is 24.3 Å². The highest BCUT2D eigenvalue weighted by Crippen LogP contribution is 2.23. The number of nitrogens with one attached hydrogen (secondary N) is 2. The van der Waals surface area contributed by atoms with E-state index in [9.17, 15) is 4.79 Å². The highest BCUT2D eigenvalue weighted by molar-refractivity contribution is 5.80. The van der Waals surface area contributed by atoms with Gasteiger partial charge in [0.2, 0.25) is 0 Å². The third-order valence-corrected chi connectivity index (χ3v) is 5.23. The Hall–Kier alpha value is -3.41. The number of hydrogen-bond acceptors (Lipinski definition) is 3. The lowest BCUT2D eigenvalue weighted by Gasteiger charge is -2.09. The fraction of sp³-hybridized carbons (Fsp3) is 0.227. The van der Waals surface area contributed by atoms with Gasteiger partial charge in [0.15, 0.2) is 0 Å². The van der Waals surface area contributed by atoms with Gasteiger partial charge in [-0.3, -0.25) is 0 Å². The molecular weight excluding hydrogens is 350 g/mol. The molecule has 0 radical (unpaired) electrons. The number of hydrogen-bond donors (Lipinski definition) is 2. The zero-order valence-corrected chi connectivity index (χ0v) is 16.3. The molecule has 0 spiro atoms. The predicted octanol–water partition coefficient (Wildman–Crippen LogP) is 4.03. The van der Waals surface area contributed by atoms with E-state index in [-0.39, 0.29) is 6.03 Å². The van der Waals surface area contributed by atoms with Crippen molar-refractivity contribution in [3.8, 4) is 0 Å². The summed E-state index contributed by atoms with van der Waals surface area (Å²) in [7, 11) is 0. The van der Waals surface area contributed by atoms with Gasteiger partial charge in [0.1, 0.15) is 5.65 Å². The molecule has 3 heterocycles. The second kappa shape index (κ2) is 7.31. The number of benzene rings is 1. The number of pyridine rings is 1. The van der Waals surface area contributed by atoms with Crippen molar-refractivity contribution in [1.82, 2.24) is 25.1 Å². The minimum absolute atomic E-state index is 0.212. The Morgan fingerprint density at radius 1 is 1.11 bits per heavy atom. The van der Waals surface area contributed by atoms with Gasteiger partial charge in [0, 0.05) is 42.0 Å². The van der Waals surface area contributed by atoms with Crippen LogP contribution in [0, 0.1) is 20.8 Å². The number of aromatic nitrogens is 4. The number of H-pyrrole nitrogens is 1. The first-order chi connectivity index (χ1) is 13.5. The van der Waals surface area contributed by atoms with E-state index in [0.717, 1.165) is 44.7 Å². The van der Waals surface area contributed by atoms with Crippen molar-refractivity contribution in [2.75, 3.05) is 0 Å². The third kappa shape index (κ3) is 3.29.